The summed E-state index contributed by atoms with van der Waals surface area (Å²) in [5.41, 5.74) is 13.1. The fourth-order valence-electron chi connectivity index (χ4n) is 7.97. The third-order valence-electron chi connectivity index (χ3n) is 10.2. The number of para-hydroxylation sites is 1. The molecule has 0 spiro atoms. The zero-order chi connectivity index (χ0) is 29.9. The van der Waals surface area contributed by atoms with Crippen LogP contribution in [0.1, 0.15) is 25.0 Å². The number of fused-ring (bicyclic) bond motifs is 11. The summed E-state index contributed by atoms with van der Waals surface area (Å²) >= 11 is 0. The van der Waals surface area contributed by atoms with Gasteiger partial charge in [-0.25, -0.2) is 0 Å². The standard InChI is InChI=1S/C43H29NO/c1-43(2)36-13-7-5-11-31(36)34-24-35-32-21-17-28(23-40(32)45-41(35)25-37(34)43)26-15-19-29(20-16-26)44-38-14-8-6-12-33(38)42-30-10-4-3-9-27(30)18-22-39(42)44/h3-25H,1-2H3. The van der Waals surface area contributed by atoms with Crippen molar-refractivity contribution >= 4 is 54.5 Å². The van der Waals surface area contributed by atoms with Gasteiger partial charge in [-0.2, -0.15) is 0 Å². The maximum atomic E-state index is 6.54. The van der Waals surface area contributed by atoms with Crippen LogP contribution in [0, 0.1) is 0 Å². The number of nitrogens with zero attached hydrogens (tertiary/aromatic N) is 1. The quantitative estimate of drug-likeness (QED) is 0.200. The molecule has 1 aliphatic rings. The van der Waals surface area contributed by atoms with Gasteiger partial charge in [0.15, 0.2) is 0 Å². The van der Waals surface area contributed by atoms with Gasteiger partial charge in [-0.15, -0.1) is 0 Å². The fourth-order valence-corrected chi connectivity index (χ4v) is 7.97. The molecule has 7 aromatic carbocycles. The largest absolute Gasteiger partial charge is 0.456 e. The average Bonchev–Trinajstić information content (AvgIpc) is 3.69. The van der Waals surface area contributed by atoms with Gasteiger partial charge in [0.05, 0.1) is 11.0 Å². The minimum Gasteiger partial charge on any atom is -0.456 e. The number of aromatic nitrogens is 1. The monoisotopic (exact) mass is 575 g/mol. The molecule has 212 valence electrons. The Balaban J connectivity index is 1.08. The summed E-state index contributed by atoms with van der Waals surface area (Å²) in [5, 5.41) is 7.48. The molecule has 2 heteroatoms. The molecule has 0 radical (unpaired) electrons. The van der Waals surface area contributed by atoms with Gasteiger partial charge in [0, 0.05) is 32.6 Å². The second-order valence-corrected chi connectivity index (χ2v) is 13.0. The molecule has 0 fully saturated rings. The van der Waals surface area contributed by atoms with E-state index in [1.807, 2.05) is 0 Å². The first-order chi connectivity index (χ1) is 22.1. The molecule has 1 aliphatic carbocycles. The molecule has 0 bridgehead atoms. The first kappa shape index (κ1) is 24.8. The van der Waals surface area contributed by atoms with Gasteiger partial charge in [-0.3, -0.25) is 0 Å². The van der Waals surface area contributed by atoms with Gasteiger partial charge in [-0.1, -0.05) is 105 Å². The number of furan rings is 1. The number of hydrogen-bond acceptors (Lipinski definition) is 1. The summed E-state index contributed by atoms with van der Waals surface area (Å²) in [5.74, 6) is 0. The molecule has 10 rings (SSSR count). The van der Waals surface area contributed by atoms with E-state index >= 15 is 0 Å². The van der Waals surface area contributed by atoms with Crippen molar-refractivity contribution in [2.24, 2.45) is 0 Å². The summed E-state index contributed by atoms with van der Waals surface area (Å²) < 4.78 is 8.93. The molecule has 2 nitrogen and oxygen atoms in total. The predicted molar refractivity (Wildman–Crippen MR) is 189 cm³/mol. The van der Waals surface area contributed by atoms with E-state index in [1.165, 1.54) is 65.8 Å². The van der Waals surface area contributed by atoms with E-state index in [4.69, 9.17) is 4.42 Å². The van der Waals surface area contributed by atoms with Crippen LogP contribution in [0.5, 0.6) is 0 Å². The first-order valence-corrected chi connectivity index (χ1v) is 15.7. The molecule has 0 atom stereocenters. The lowest BCUT2D eigenvalue weighted by Crippen LogP contribution is -2.14. The molecule has 9 aromatic rings. The smallest absolute Gasteiger partial charge is 0.136 e. The highest BCUT2D eigenvalue weighted by Crippen LogP contribution is 2.50. The van der Waals surface area contributed by atoms with Crippen molar-refractivity contribution in [2.45, 2.75) is 19.3 Å². The highest BCUT2D eigenvalue weighted by Gasteiger charge is 2.36. The van der Waals surface area contributed by atoms with Gasteiger partial charge < -0.3 is 8.98 Å². The van der Waals surface area contributed by atoms with E-state index in [-0.39, 0.29) is 5.41 Å². The molecule has 0 unspecified atom stereocenters. The van der Waals surface area contributed by atoms with E-state index in [0.717, 1.165) is 27.8 Å². The fraction of sp³-hybridized carbons (Fsp3) is 0.0698. The Bertz CT molecular complexity index is 2670. The molecule has 0 amide bonds. The van der Waals surface area contributed by atoms with Gasteiger partial charge in [0.2, 0.25) is 0 Å². The van der Waals surface area contributed by atoms with Crippen molar-refractivity contribution in [1.82, 2.24) is 4.57 Å². The minimum absolute atomic E-state index is 0.0462. The predicted octanol–water partition coefficient (Wildman–Crippen LogP) is 11.8. The van der Waals surface area contributed by atoms with E-state index in [0.29, 0.717) is 0 Å². The number of hydrogen-bond donors (Lipinski definition) is 0. The van der Waals surface area contributed by atoms with Crippen LogP contribution in [0.4, 0.5) is 0 Å². The van der Waals surface area contributed by atoms with Crippen LogP contribution in [-0.2, 0) is 5.41 Å². The van der Waals surface area contributed by atoms with E-state index in [1.54, 1.807) is 0 Å². The second-order valence-electron chi connectivity index (χ2n) is 13.0. The summed E-state index contributed by atoms with van der Waals surface area (Å²) in [4.78, 5) is 0. The van der Waals surface area contributed by atoms with Crippen LogP contribution in [0.3, 0.4) is 0 Å². The lowest BCUT2D eigenvalue weighted by molar-refractivity contribution is 0.647. The minimum atomic E-state index is -0.0462. The van der Waals surface area contributed by atoms with Gasteiger partial charge in [-0.05, 0) is 92.7 Å². The number of benzene rings is 7. The topological polar surface area (TPSA) is 18.1 Å². The van der Waals surface area contributed by atoms with Crippen LogP contribution in [0.25, 0.3) is 82.5 Å². The van der Waals surface area contributed by atoms with Crippen molar-refractivity contribution in [3.8, 4) is 27.9 Å². The Kier molecular flexibility index (Phi) is 4.82. The van der Waals surface area contributed by atoms with Crippen LogP contribution >= 0.6 is 0 Å². The molecular formula is C43H29NO. The zero-order valence-electron chi connectivity index (χ0n) is 25.1. The Hall–Kier alpha value is -5.60. The molecule has 2 heterocycles. The normalized spacial score (nSPS) is 13.7. The Morgan fingerprint density at radius 1 is 0.489 bits per heavy atom. The van der Waals surface area contributed by atoms with Crippen molar-refractivity contribution < 1.29 is 4.42 Å². The molecule has 0 saturated carbocycles. The van der Waals surface area contributed by atoms with E-state index < -0.39 is 0 Å². The van der Waals surface area contributed by atoms with Crippen LogP contribution in [0.15, 0.2) is 144 Å². The van der Waals surface area contributed by atoms with Gasteiger partial charge >= 0.3 is 0 Å². The third-order valence-corrected chi connectivity index (χ3v) is 10.2. The third kappa shape index (κ3) is 3.34. The summed E-state index contributed by atoms with van der Waals surface area (Å²) in [6.07, 6.45) is 0. The van der Waals surface area contributed by atoms with E-state index in [2.05, 4.69) is 158 Å². The van der Waals surface area contributed by atoms with Crippen molar-refractivity contribution in [1.29, 1.82) is 0 Å². The maximum absolute atomic E-state index is 6.54. The lowest BCUT2D eigenvalue weighted by Gasteiger charge is -2.21. The summed E-state index contributed by atoms with van der Waals surface area (Å²) in [6.45, 7) is 4.63. The van der Waals surface area contributed by atoms with Crippen LogP contribution in [0.2, 0.25) is 0 Å². The summed E-state index contributed by atoms with van der Waals surface area (Å²) in [7, 11) is 0. The van der Waals surface area contributed by atoms with E-state index in [9.17, 15) is 0 Å². The van der Waals surface area contributed by atoms with Crippen LogP contribution in [-0.4, -0.2) is 4.57 Å². The SMILES string of the molecule is CC1(C)c2ccccc2-c2cc3c(cc21)oc1cc(-c2ccc(-n4c5ccccc5c5c6ccccc6ccc54)cc2)ccc13. The molecular weight excluding hydrogens is 546 g/mol. The molecule has 0 aliphatic heterocycles. The second kappa shape index (κ2) is 8.74. The summed E-state index contributed by atoms with van der Waals surface area (Å²) in [6, 6.07) is 50.9. The van der Waals surface area contributed by atoms with Crippen LogP contribution < -0.4 is 0 Å². The molecule has 2 aromatic heterocycles. The van der Waals surface area contributed by atoms with Crippen molar-refractivity contribution in [3.63, 3.8) is 0 Å². The van der Waals surface area contributed by atoms with Gasteiger partial charge in [0.1, 0.15) is 11.2 Å². The Morgan fingerprint density at radius 3 is 2.11 bits per heavy atom. The molecule has 45 heavy (non-hydrogen) atoms. The average molecular weight is 576 g/mol. The number of rotatable bonds is 2. The zero-order valence-corrected chi connectivity index (χ0v) is 25.1. The Morgan fingerprint density at radius 2 is 1.22 bits per heavy atom. The maximum Gasteiger partial charge on any atom is 0.136 e. The molecule has 0 N–H and O–H groups in total. The van der Waals surface area contributed by atoms with Gasteiger partial charge in [0.25, 0.3) is 0 Å². The highest BCUT2D eigenvalue weighted by molar-refractivity contribution is 6.21. The highest BCUT2D eigenvalue weighted by atomic mass is 16.3. The van der Waals surface area contributed by atoms with Crippen molar-refractivity contribution in [2.75, 3.05) is 0 Å². The van der Waals surface area contributed by atoms with Crippen molar-refractivity contribution in [3.05, 3.63) is 151 Å². The molecule has 0 saturated heterocycles. The Labute approximate surface area is 260 Å². The first-order valence-electron chi connectivity index (χ1n) is 15.7. The lowest BCUT2D eigenvalue weighted by atomic mass is 9.82.